The molecular weight excluding hydrogens is 246 g/mol. The summed E-state index contributed by atoms with van der Waals surface area (Å²) < 4.78 is 22.4. The molecule has 18 heavy (non-hydrogen) atoms. The van der Waals surface area contributed by atoms with Gasteiger partial charge in [0.1, 0.15) is 9.84 Å². The fourth-order valence-electron chi connectivity index (χ4n) is 4.69. The van der Waals surface area contributed by atoms with Crippen molar-refractivity contribution in [3.63, 3.8) is 0 Å². The largest absolute Gasteiger partial charge is 0.300 e. The van der Waals surface area contributed by atoms with Gasteiger partial charge in [0.25, 0.3) is 0 Å². The summed E-state index contributed by atoms with van der Waals surface area (Å²) in [5.74, 6) is 3.22. The molecule has 2 unspecified atom stereocenters. The Morgan fingerprint density at radius 3 is 2.22 bits per heavy atom. The van der Waals surface area contributed by atoms with Crippen LogP contribution in [0.4, 0.5) is 0 Å². The highest BCUT2D eigenvalue weighted by molar-refractivity contribution is 7.90. The topological polar surface area (TPSA) is 37.4 Å². The highest BCUT2D eigenvalue weighted by Crippen LogP contribution is 2.47. The number of fused-ring (bicyclic) bond motifs is 1. The second kappa shape index (κ2) is 4.78. The summed E-state index contributed by atoms with van der Waals surface area (Å²) in [6.45, 7) is 2.23. The number of sulfone groups is 1. The van der Waals surface area contributed by atoms with Crippen molar-refractivity contribution < 1.29 is 8.42 Å². The maximum Gasteiger partial charge on any atom is 0.147 e. The minimum atomic E-state index is -2.78. The Morgan fingerprint density at radius 2 is 1.61 bits per heavy atom. The van der Waals surface area contributed by atoms with Crippen molar-refractivity contribution in [3.05, 3.63) is 0 Å². The highest BCUT2D eigenvalue weighted by atomic mass is 32.2. The zero-order valence-electron chi connectivity index (χ0n) is 11.3. The summed E-state index contributed by atoms with van der Waals surface area (Å²) in [4.78, 5) is 2.62. The van der Waals surface area contributed by atoms with E-state index in [4.69, 9.17) is 0 Å². The zero-order valence-corrected chi connectivity index (χ0v) is 12.2. The molecule has 0 N–H and O–H groups in total. The molecule has 4 atom stereocenters. The average molecular weight is 271 g/mol. The van der Waals surface area contributed by atoms with Crippen LogP contribution in [0.3, 0.4) is 0 Å². The quantitative estimate of drug-likeness (QED) is 0.784. The van der Waals surface area contributed by atoms with Crippen molar-refractivity contribution in [2.45, 2.75) is 44.6 Å². The normalized spacial score (nSPS) is 40.1. The minimum Gasteiger partial charge on any atom is -0.300 e. The van der Waals surface area contributed by atoms with E-state index in [9.17, 15) is 8.42 Å². The predicted octanol–water partition coefficient (Wildman–Crippen LogP) is 1.93. The lowest BCUT2D eigenvalue weighted by molar-refractivity contribution is 0.126. The van der Waals surface area contributed by atoms with Gasteiger partial charge in [0, 0.05) is 18.8 Å². The summed E-state index contributed by atoms with van der Waals surface area (Å²) in [6, 6.07) is 0.765. The lowest BCUT2D eigenvalue weighted by atomic mass is 9.68. The lowest BCUT2D eigenvalue weighted by Gasteiger charge is -2.39. The van der Waals surface area contributed by atoms with E-state index < -0.39 is 9.84 Å². The van der Waals surface area contributed by atoms with Gasteiger partial charge in [0.2, 0.25) is 0 Å². The van der Waals surface area contributed by atoms with Gasteiger partial charge in [-0.05, 0) is 62.8 Å². The highest BCUT2D eigenvalue weighted by Gasteiger charge is 2.42. The molecule has 4 aliphatic rings. The van der Waals surface area contributed by atoms with Crippen molar-refractivity contribution in [1.82, 2.24) is 4.90 Å². The smallest absolute Gasteiger partial charge is 0.147 e. The zero-order chi connectivity index (χ0) is 12.8. The maximum atomic E-state index is 11.2. The maximum absolute atomic E-state index is 11.2. The van der Waals surface area contributed by atoms with E-state index in [1.807, 2.05) is 0 Å². The van der Waals surface area contributed by atoms with Crippen LogP contribution in [-0.2, 0) is 9.84 Å². The third kappa shape index (κ3) is 2.90. The van der Waals surface area contributed by atoms with Gasteiger partial charge in [-0.25, -0.2) is 8.42 Å². The monoisotopic (exact) mass is 271 g/mol. The van der Waals surface area contributed by atoms with Crippen molar-refractivity contribution in [1.29, 1.82) is 0 Å². The molecule has 3 nitrogen and oxygen atoms in total. The molecule has 0 aromatic rings. The Hall–Kier alpha value is -0.0900. The van der Waals surface area contributed by atoms with Crippen molar-refractivity contribution in [2.24, 2.45) is 17.8 Å². The van der Waals surface area contributed by atoms with Gasteiger partial charge in [-0.3, -0.25) is 0 Å². The molecule has 2 saturated carbocycles. The van der Waals surface area contributed by atoms with Crippen LogP contribution in [-0.4, -0.2) is 44.5 Å². The average Bonchev–Trinajstić information content (AvgIpc) is 2.41. The molecule has 0 amide bonds. The predicted molar refractivity (Wildman–Crippen MR) is 73.2 cm³/mol. The van der Waals surface area contributed by atoms with E-state index in [-0.39, 0.29) is 0 Å². The first-order valence-electron chi connectivity index (χ1n) is 7.41. The van der Waals surface area contributed by atoms with Crippen LogP contribution in [0.25, 0.3) is 0 Å². The van der Waals surface area contributed by atoms with Crippen LogP contribution in [0.15, 0.2) is 0 Å². The molecule has 2 aliphatic carbocycles. The Morgan fingerprint density at radius 1 is 1.00 bits per heavy atom. The van der Waals surface area contributed by atoms with E-state index in [0.717, 1.165) is 36.8 Å². The van der Waals surface area contributed by atoms with E-state index in [1.54, 1.807) is 0 Å². The van der Waals surface area contributed by atoms with Crippen molar-refractivity contribution >= 4 is 9.84 Å². The molecule has 4 rings (SSSR count). The van der Waals surface area contributed by atoms with Crippen LogP contribution < -0.4 is 0 Å². The Labute approximate surface area is 111 Å². The van der Waals surface area contributed by atoms with Crippen LogP contribution in [0, 0.1) is 17.8 Å². The summed E-state index contributed by atoms with van der Waals surface area (Å²) in [6.07, 6.45) is 9.29. The first-order valence-corrected chi connectivity index (χ1v) is 9.47. The van der Waals surface area contributed by atoms with Gasteiger partial charge in [-0.1, -0.05) is 0 Å². The fraction of sp³-hybridized carbons (Fsp3) is 1.00. The van der Waals surface area contributed by atoms with Gasteiger partial charge in [-0.2, -0.15) is 0 Å². The molecule has 0 aromatic carbocycles. The van der Waals surface area contributed by atoms with Crippen molar-refractivity contribution in [2.75, 3.05) is 25.1 Å². The first-order chi connectivity index (χ1) is 8.49. The first kappa shape index (κ1) is 12.9. The van der Waals surface area contributed by atoms with E-state index in [2.05, 4.69) is 4.90 Å². The Balaban J connectivity index is 1.60. The summed E-state index contributed by atoms with van der Waals surface area (Å²) in [5, 5.41) is 0. The minimum absolute atomic E-state index is 0.355. The molecule has 4 fully saturated rings. The SMILES string of the molecule is CS(=O)(=O)CCCN1CC2C[C@@H]3CC1C[C@H](C2)C3. The molecular formula is C14H25NO2S. The molecule has 0 aromatic heterocycles. The number of hydrogen-bond donors (Lipinski definition) is 0. The fourth-order valence-corrected chi connectivity index (χ4v) is 5.34. The summed E-state index contributed by atoms with van der Waals surface area (Å²) in [7, 11) is -2.78. The van der Waals surface area contributed by atoms with Gasteiger partial charge in [-0.15, -0.1) is 0 Å². The van der Waals surface area contributed by atoms with Crippen LogP contribution in [0.1, 0.15) is 38.5 Å². The van der Waals surface area contributed by atoms with E-state index >= 15 is 0 Å². The van der Waals surface area contributed by atoms with Crippen LogP contribution >= 0.6 is 0 Å². The molecule has 2 heterocycles. The van der Waals surface area contributed by atoms with Crippen LogP contribution in [0.5, 0.6) is 0 Å². The molecule has 0 radical (unpaired) electrons. The molecule has 4 heteroatoms. The third-order valence-electron chi connectivity index (χ3n) is 5.18. The van der Waals surface area contributed by atoms with E-state index in [1.165, 1.54) is 44.9 Å². The van der Waals surface area contributed by atoms with Gasteiger partial charge in [0.05, 0.1) is 5.75 Å². The van der Waals surface area contributed by atoms with Gasteiger partial charge >= 0.3 is 0 Å². The lowest BCUT2D eigenvalue weighted by Crippen LogP contribution is -2.39. The number of nitrogens with zero attached hydrogens (tertiary/aromatic N) is 1. The van der Waals surface area contributed by atoms with Gasteiger partial charge in [0.15, 0.2) is 0 Å². The Kier molecular flexibility index (Phi) is 3.43. The molecule has 0 spiro atoms. The molecule has 2 saturated heterocycles. The Bertz CT molecular complexity index is 392. The van der Waals surface area contributed by atoms with Gasteiger partial charge < -0.3 is 4.90 Å². The second-order valence-electron chi connectivity index (χ2n) is 6.91. The van der Waals surface area contributed by atoms with E-state index in [0.29, 0.717) is 5.75 Å². The second-order valence-corrected chi connectivity index (χ2v) is 9.17. The summed E-state index contributed by atoms with van der Waals surface area (Å²) >= 11 is 0. The van der Waals surface area contributed by atoms with Crippen molar-refractivity contribution in [3.8, 4) is 0 Å². The number of rotatable bonds is 4. The molecule has 2 aliphatic heterocycles. The number of hydrogen-bond acceptors (Lipinski definition) is 3. The standard InChI is InChI=1S/C14H25NO2S/c1-18(16,17)4-2-3-15-10-13-6-11-5-12(7-13)9-14(15)8-11/h11-14H,2-10H2,1H3/t11-,12+,13?,14?. The summed E-state index contributed by atoms with van der Waals surface area (Å²) in [5.41, 5.74) is 0. The van der Waals surface area contributed by atoms with Crippen LogP contribution in [0.2, 0.25) is 0 Å². The third-order valence-corrected chi connectivity index (χ3v) is 6.21. The molecule has 104 valence electrons. The molecule has 4 bridgehead atoms.